The molecule has 1 unspecified atom stereocenters. The van der Waals surface area contributed by atoms with Crippen LogP contribution in [-0.4, -0.2) is 44.5 Å². The van der Waals surface area contributed by atoms with Gasteiger partial charge in [-0.3, -0.25) is 9.48 Å². The van der Waals surface area contributed by atoms with Gasteiger partial charge in [-0.25, -0.2) is 9.97 Å². The standard InChI is InChI=1S/C19H20N6OS/c20-18(26)16-14-2-1-11-9-22-19(12-5-8-27-10-12)23-15(11)17(14)25(24-16)13-3-6-21-7-4-13/h1-2,5,8-9,12-13,21H,3-4,6-7,10H2,(H2,20,26). The number of piperidine rings is 1. The van der Waals surface area contributed by atoms with E-state index in [1.54, 1.807) is 11.8 Å². The van der Waals surface area contributed by atoms with Crippen molar-refractivity contribution in [2.24, 2.45) is 5.73 Å². The number of primary amides is 1. The first-order chi connectivity index (χ1) is 13.2. The highest BCUT2D eigenvalue weighted by atomic mass is 32.2. The van der Waals surface area contributed by atoms with Crippen molar-refractivity contribution in [1.29, 1.82) is 0 Å². The highest BCUT2D eigenvalue weighted by Gasteiger charge is 2.25. The Morgan fingerprint density at radius 1 is 1.30 bits per heavy atom. The van der Waals surface area contributed by atoms with Gasteiger partial charge in [0.2, 0.25) is 0 Å². The zero-order valence-electron chi connectivity index (χ0n) is 14.8. The lowest BCUT2D eigenvalue weighted by molar-refractivity contribution is 0.0995. The number of nitrogens with zero attached hydrogens (tertiary/aromatic N) is 4. The van der Waals surface area contributed by atoms with E-state index in [-0.39, 0.29) is 12.0 Å². The van der Waals surface area contributed by atoms with E-state index in [1.807, 2.05) is 23.0 Å². The Kier molecular flexibility index (Phi) is 4.09. The maximum atomic E-state index is 12.0. The van der Waals surface area contributed by atoms with Gasteiger partial charge in [0.15, 0.2) is 5.69 Å². The van der Waals surface area contributed by atoms with Crippen LogP contribution >= 0.6 is 11.8 Å². The molecule has 1 amide bonds. The molecule has 0 spiro atoms. The van der Waals surface area contributed by atoms with Crippen molar-refractivity contribution in [3.05, 3.63) is 41.3 Å². The molecule has 2 aromatic heterocycles. The Hall–Kier alpha value is -2.45. The number of benzene rings is 1. The number of nitrogens with one attached hydrogen (secondary N) is 1. The molecule has 2 aliphatic heterocycles. The highest BCUT2D eigenvalue weighted by molar-refractivity contribution is 8.02. The van der Waals surface area contributed by atoms with Gasteiger partial charge in [0.25, 0.3) is 5.91 Å². The zero-order valence-corrected chi connectivity index (χ0v) is 15.6. The van der Waals surface area contributed by atoms with Gasteiger partial charge in [-0.05, 0) is 37.4 Å². The molecule has 1 aromatic carbocycles. The molecule has 4 heterocycles. The van der Waals surface area contributed by atoms with E-state index in [9.17, 15) is 4.79 Å². The van der Waals surface area contributed by atoms with Crippen LogP contribution < -0.4 is 11.1 Å². The number of fused-ring (bicyclic) bond motifs is 3. The molecular formula is C19H20N6OS. The van der Waals surface area contributed by atoms with Gasteiger partial charge in [-0.2, -0.15) is 5.10 Å². The summed E-state index contributed by atoms with van der Waals surface area (Å²) in [6.45, 7) is 1.88. The number of allylic oxidation sites excluding steroid dienone is 1. The molecule has 3 aromatic rings. The molecule has 1 atom stereocenters. The van der Waals surface area contributed by atoms with E-state index < -0.39 is 5.91 Å². The predicted octanol–water partition coefficient (Wildman–Crippen LogP) is 2.35. The van der Waals surface area contributed by atoms with Crippen LogP contribution in [0.5, 0.6) is 0 Å². The van der Waals surface area contributed by atoms with E-state index in [1.165, 1.54) is 0 Å². The third-order valence-electron chi connectivity index (χ3n) is 5.34. The van der Waals surface area contributed by atoms with Crippen LogP contribution in [0.4, 0.5) is 0 Å². The molecule has 0 radical (unpaired) electrons. The summed E-state index contributed by atoms with van der Waals surface area (Å²) in [5, 5.41) is 11.8. The Bertz CT molecular complexity index is 1070. The normalized spacial score (nSPS) is 20.7. The molecule has 7 nitrogen and oxygen atoms in total. The topological polar surface area (TPSA) is 98.7 Å². The second-order valence-electron chi connectivity index (χ2n) is 7.03. The zero-order chi connectivity index (χ0) is 18.4. The summed E-state index contributed by atoms with van der Waals surface area (Å²) < 4.78 is 1.98. The van der Waals surface area contributed by atoms with Crippen molar-refractivity contribution < 1.29 is 4.79 Å². The van der Waals surface area contributed by atoms with Gasteiger partial charge in [-0.1, -0.05) is 12.1 Å². The van der Waals surface area contributed by atoms with Gasteiger partial charge in [-0.15, -0.1) is 11.8 Å². The second-order valence-corrected chi connectivity index (χ2v) is 7.97. The van der Waals surface area contributed by atoms with Crippen LogP contribution in [-0.2, 0) is 0 Å². The van der Waals surface area contributed by atoms with Crippen LogP contribution in [0.25, 0.3) is 21.8 Å². The Morgan fingerprint density at radius 2 is 2.15 bits per heavy atom. The van der Waals surface area contributed by atoms with E-state index in [0.29, 0.717) is 5.69 Å². The highest BCUT2D eigenvalue weighted by Crippen LogP contribution is 2.33. The molecular weight excluding hydrogens is 360 g/mol. The number of carbonyl (C=O) groups excluding carboxylic acids is 1. The molecule has 0 bridgehead atoms. The number of rotatable bonds is 3. The van der Waals surface area contributed by atoms with Gasteiger partial charge < -0.3 is 11.1 Å². The van der Waals surface area contributed by atoms with Crippen LogP contribution in [0.3, 0.4) is 0 Å². The number of amides is 1. The predicted molar refractivity (Wildman–Crippen MR) is 107 cm³/mol. The van der Waals surface area contributed by atoms with E-state index in [2.05, 4.69) is 26.9 Å². The minimum Gasteiger partial charge on any atom is -0.364 e. The third-order valence-corrected chi connectivity index (χ3v) is 6.24. The molecule has 138 valence electrons. The molecule has 8 heteroatoms. The fraction of sp³-hybridized carbons (Fsp3) is 0.368. The summed E-state index contributed by atoms with van der Waals surface area (Å²) in [7, 11) is 0. The molecule has 2 aliphatic rings. The van der Waals surface area contributed by atoms with Crippen molar-refractivity contribution in [3.63, 3.8) is 0 Å². The lowest BCUT2D eigenvalue weighted by Gasteiger charge is -2.24. The molecule has 3 N–H and O–H groups in total. The molecule has 0 aliphatic carbocycles. The monoisotopic (exact) mass is 380 g/mol. The fourth-order valence-electron chi connectivity index (χ4n) is 3.93. The average molecular weight is 380 g/mol. The molecule has 5 rings (SSSR count). The first-order valence-electron chi connectivity index (χ1n) is 9.19. The SMILES string of the molecule is NC(=O)c1nn(C2CCNCC2)c2c1ccc1cnc(C3C=CSC3)nc12. The van der Waals surface area contributed by atoms with Gasteiger partial charge in [0.05, 0.1) is 17.1 Å². The minimum absolute atomic E-state index is 0.223. The first-order valence-corrected chi connectivity index (χ1v) is 10.2. The minimum atomic E-state index is -0.503. The molecule has 27 heavy (non-hydrogen) atoms. The summed E-state index contributed by atoms with van der Waals surface area (Å²) in [6.07, 6.45) is 5.94. The van der Waals surface area contributed by atoms with Crippen molar-refractivity contribution in [1.82, 2.24) is 25.1 Å². The maximum absolute atomic E-state index is 12.0. The lowest BCUT2D eigenvalue weighted by Crippen LogP contribution is -2.30. The largest absolute Gasteiger partial charge is 0.364 e. The Labute approximate surface area is 160 Å². The average Bonchev–Trinajstić information content (AvgIpc) is 3.36. The Balaban J connectivity index is 1.77. The number of thioether (sulfide) groups is 1. The molecule has 1 saturated heterocycles. The van der Waals surface area contributed by atoms with Gasteiger partial charge in [0.1, 0.15) is 5.82 Å². The first kappa shape index (κ1) is 16.7. The van der Waals surface area contributed by atoms with Crippen molar-refractivity contribution >= 4 is 39.5 Å². The summed E-state index contributed by atoms with van der Waals surface area (Å²) in [6, 6.07) is 4.09. The third kappa shape index (κ3) is 2.80. The van der Waals surface area contributed by atoms with Gasteiger partial charge >= 0.3 is 0 Å². The van der Waals surface area contributed by atoms with Crippen molar-refractivity contribution in [3.8, 4) is 0 Å². The second kappa shape index (κ2) is 6.61. The number of nitrogens with two attached hydrogens (primary N) is 1. The lowest BCUT2D eigenvalue weighted by atomic mass is 10.1. The van der Waals surface area contributed by atoms with E-state index in [0.717, 1.165) is 59.3 Å². The quantitative estimate of drug-likeness (QED) is 0.724. The van der Waals surface area contributed by atoms with Crippen LogP contribution in [0, 0.1) is 0 Å². The van der Waals surface area contributed by atoms with Gasteiger partial charge in [0, 0.05) is 28.6 Å². The smallest absolute Gasteiger partial charge is 0.269 e. The number of carbonyl (C=O) groups is 1. The van der Waals surface area contributed by atoms with Crippen molar-refractivity contribution in [2.75, 3.05) is 18.8 Å². The summed E-state index contributed by atoms with van der Waals surface area (Å²) >= 11 is 1.77. The van der Waals surface area contributed by atoms with Crippen LogP contribution in [0.2, 0.25) is 0 Å². The summed E-state index contributed by atoms with van der Waals surface area (Å²) in [4.78, 5) is 21.5. The maximum Gasteiger partial charge on any atom is 0.269 e. The summed E-state index contributed by atoms with van der Waals surface area (Å²) in [5.74, 6) is 1.49. The Morgan fingerprint density at radius 3 is 2.89 bits per heavy atom. The number of hydrogen-bond acceptors (Lipinski definition) is 6. The number of aromatic nitrogens is 4. The summed E-state index contributed by atoms with van der Waals surface area (Å²) in [5.41, 5.74) is 7.69. The van der Waals surface area contributed by atoms with E-state index in [4.69, 9.17) is 10.7 Å². The van der Waals surface area contributed by atoms with Crippen molar-refractivity contribution in [2.45, 2.75) is 24.8 Å². The number of hydrogen-bond donors (Lipinski definition) is 2. The molecule has 1 fully saturated rings. The van der Waals surface area contributed by atoms with Crippen LogP contribution in [0.1, 0.15) is 41.1 Å². The van der Waals surface area contributed by atoms with E-state index >= 15 is 0 Å². The fourth-order valence-corrected chi connectivity index (χ4v) is 4.81. The molecule has 0 saturated carbocycles. The van der Waals surface area contributed by atoms with Crippen LogP contribution in [0.15, 0.2) is 29.8 Å².